The molecule has 0 bridgehead atoms. The summed E-state index contributed by atoms with van der Waals surface area (Å²) in [6.07, 6.45) is 0.996. The predicted octanol–water partition coefficient (Wildman–Crippen LogP) is 4.03. The van der Waals surface area contributed by atoms with Crippen molar-refractivity contribution >= 4 is 15.7 Å². The number of nitrogens with one attached hydrogen (secondary N) is 1. The van der Waals surface area contributed by atoms with Crippen LogP contribution in [0.2, 0.25) is 0 Å². The van der Waals surface area contributed by atoms with Crippen LogP contribution in [-0.2, 0) is 10.0 Å². The molecule has 6 nitrogen and oxygen atoms in total. The zero-order valence-electron chi connectivity index (χ0n) is 15.7. The van der Waals surface area contributed by atoms with E-state index in [1.54, 1.807) is 24.3 Å². The van der Waals surface area contributed by atoms with Crippen molar-refractivity contribution in [1.82, 2.24) is 0 Å². The predicted molar refractivity (Wildman–Crippen MR) is 102 cm³/mol. The van der Waals surface area contributed by atoms with Crippen molar-refractivity contribution in [2.45, 2.75) is 31.1 Å². The van der Waals surface area contributed by atoms with E-state index in [0.717, 1.165) is 12.0 Å². The van der Waals surface area contributed by atoms with Gasteiger partial charge in [0.1, 0.15) is 0 Å². The van der Waals surface area contributed by atoms with Crippen LogP contribution in [0.15, 0.2) is 41.3 Å². The summed E-state index contributed by atoms with van der Waals surface area (Å²) in [5.41, 5.74) is 1.43. The van der Waals surface area contributed by atoms with E-state index < -0.39 is 10.0 Å². The van der Waals surface area contributed by atoms with Crippen LogP contribution < -0.4 is 18.9 Å². The van der Waals surface area contributed by atoms with Crippen LogP contribution in [0.1, 0.15) is 31.7 Å². The summed E-state index contributed by atoms with van der Waals surface area (Å²) >= 11 is 0. The first-order valence-electron chi connectivity index (χ1n) is 8.29. The topological polar surface area (TPSA) is 73.9 Å². The molecule has 2 aromatic rings. The van der Waals surface area contributed by atoms with Crippen LogP contribution in [0.25, 0.3) is 0 Å². The van der Waals surface area contributed by atoms with Crippen molar-refractivity contribution in [2.24, 2.45) is 0 Å². The number of benzene rings is 2. The Bertz CT molecular complexity index is 822. The maximum Gasteiger partial charge on any atom is 0.261 e. The zero-order valence-corrected chi connectivity index (χ0v) is 16.5. The number of methoxy groups -OCH3 is 3. The van der Waals surface area contributed by atoms with Crippen LogP contribution >= 0.6 is 0 Å². The summed E-state index contributed by atoms with van der Waals surface area (Å²) in [5, 5.41) is 0. The van der Waals surface area contributed by atoms with Crippen molar-refractivity contribution in [3.05, 3.63) is 42.0 Å². The Kier molecular flexibility index (Phi) is 6.37. The molecule has 142 valence electrons. The summed E-state index contributed by atoms with van der Waals surface area (Å²) in [6.45, 7) is 4.21. The van der Waals surface area contributed by atoms with E-state index in [-0.39, 0.29) is 4.90 Å². The molecule has 0 aromatic heterocycles. The molecule has 1 N–H and O–H groups in total. The van der Waals surface area contributed by atoms with Crippen LogP contribution in [0.3, 0.4) is 0 Å². The number of anilines is 1. The highest BCUT2D eigenvalue weighted by molar-refractivity contribution is 7.92. The Morgan fingerprint density at radius 3 is 1.92 bits per heavy atom. The molecule has 0 unspecified atom stereocenters. The first-order chi connectivity index (χ1) is 12.4. The van der Waals surface area contributed by atoms with Gasteiger partial charge < -0.3 is 14.2 Å². The lowest BCUT2D eigenvalue weighted by Crippen LogP contribution is -2.13. The third-order valence-corrected chi connectivity index (χ3v) is 5.69. The molecule has 0 aliphatic rings. The van der Waals surface area contributed by atoms with Crippen molar-refractivity contribution in [3.63, 3.8) is 0 Å². The Labute approximate surface area is 155 Å². The Morgan fingerprint density at radius 2 is 1.50 bits per heavy atom. The molecule has 0 heterocycles. The SMILES string of the molecule is CC[C@H](C)c1ccc(S(=O)(=O)Nc2cc(OC)c(OC)c(OC)c2)cc1. The molecule has 0 aliphatic carbocycles. The zero-order chi connectivity index (χ0) is 19.3. The second-order valence-electron chi connectivity index (χ2n) is 5.90. The van der Waals surface area contributed by atoms with Gasteiger partial charge in [-0.15, -0.1) is 0 Å². The van der Waals surface area contributed by atoms with Gasteiger partial charge in [0.2, 0.25) is 5.75 Å². The Morgan fingerprint density at radius 1 is 0.962 bits per heavy atom. The summed E-state index contributed by atoms with van der Waals surface area (Å²) < 4.78 is 43.7. The minimum Gasteiger partial charge on any atom is -0.493 e. The minimum atomic E-state index is -3.73. The molecule has 0 saturated carbocycles. The van der Waals surface area contributed by atoms with E-state index in [2.05, 4.69) is 18.6 Å². The number of hydrogen-bond acceptors (Lipinski definition) is 5. The quantitative estimate of drug-likeness (QED) is 0.750. The molecule has 0 fully saturated rings. The fourth-order valence-corrected chi connectivity index (χ4v) is 3.61. The van der Waals surface area contributed by atoms with Crippen LogP contribution in [-0.4, -0.2) is 29.7 Å². The van der Waals surface area contributed by atoms with E-state index >= 15 is 0 Å². The average molecular weight is 379 g/mol. The first-order valence-corrected chi connectivity index (χ1v) is 9.77. The molecule has 0 saturated heterocycles. The molecule has 2 aromatic carbocycles. The van der Waals surface area contributed by atoms with Crippen LogP contribution in [0.4, 0.5) is 5.69 Å². The Hall–Kier alpha value is -2.41. The fraction of sp³-hybridized carbons (Fsp3) is 0.368. The van der Waals surface area contributed by atoms with E-state index in [9.17, 15) is 8.42 Å². The monoisotopic (exact) mass is 379 g/mol. The highest BCUT2D eigenvalue weighted by atomic mass is 32.2. The van der Waals surface area contributed by atoms with Crippen LogP contribution in [0.5, 0.6) is 17.2 Å². The van der Waals surface area contributed by atoms with Gasteiger partial charge in [-0.2, -0.15) is 0 Å². The van der Waals surface area contributed by atoms with Crippen LogP contribution in [0, 0.1) is 0 Å². The summed E-state index contributed by atoms with van der Waals surface area (Å²) in [7, 11) is 0.706. The molecular weight excluding hydrogens is 354 g/mol. The molecule has 0 spiro atoms. The highest BCUT2D eigenvalue weighted by Gasteiger charge is 2.19. The summed E-state index contributed by atoms with van der Waals surface area (Å²) in [6, 6.07) is 10.0. The molecule has 26 heavy (non-hydrogen) atoms. The van der Waals surface area contributed by atoms with Gasteiger partial charge in [0.05, 0.1) is 31.9 Å². The lowest BCUT2D eigenvalue weighted by Gasteiger charge is -2.15. The van der Waals surface area contributed by atoms with Gasteiger partial charge in [0.15, 0.2) is 11.5 Å². The normalized spacial score (nSPS) is 12.3. The minimum absolute atomic E-state index is 0.193. The van der Waals surface area contributed by atoms with E-state index in [1.807, 2.05) is 12.1 Å². The van der Waals surface area contributed by atoms with Crippen molar-refractivity contribution in [2.75, 3.05) is 26.1 Å². The second-order valence-corrected chi connectivity index (χ2v) is 7.58. The molecule has 1 atom stereocenters. The third-order valence-electron chi connectivity index (χ3n) is 4.29. The number of ether oxygens (including phenoxy) is 3. The number of sulfonamides is 1. The van der Waals surface area contributed by atoms with Crippen molar-refractivity contribution < 1.29 is 22.6 Å². The van der Waals surface area contributed by atoms with Gasteiger partial charge in [-0.1, -0.05) is 26.0 Å². The molecule has 2 rings (SSSR count). The molecule has 0 amide bonds. The van der Waals surface area contributed by atoms with E-state index in [1.165, 1.54) is 21.3 Å². The fourth-order valence-electron chi connectivity index (χ4n) is 2.57. The first kappa shape index (κ1) is 19.9. The molecule has 0 aliphatic heterocycles. The van der Waals surface area contributed by atoms with Gasteiger partial charge in [-0.25, -0.2) is 8.42 Å². The van der Waals surface area contributed by atoms with E-state index in [0.29, 0.717) is 28.9 Å². The summed E-state index contributed by atoms with van der Waals surface area (Å²) in [5.74, 6) is 1.53. The standard InChI is InChI=1S/C19H25NO5S/c1-6-13(2)14-7-9-16(10-8-14)26(21,22)20-15-11-17(23-3)19(25-5)18(12-15)24-4/h7-13,20H,6H2,1-5H3/t13-/m0/s1. The highest BCUT2D eigenvalue weighted by Crippen LogP contribution is 2.40. The van der Waals surface area contributed by atoms with Gasteiger partial charge in [0, 0.05) is 12.1 Å². The lowest BCUT2D eigenvalue weighted by molar-refractivity contribution is 0.325. The summed E-state index contributed by atoms with van der Waals surface area (Å²) in [4.78, 5) is 0.193. The third kappa shape index (κ3) is 4.22. The smallest absolute Gasteiger partial charge is 0.261 e. The number of rotatable bonds is 8. The number of hydrogen-bond donors (Lipinski definition) is 1. The average Bonchev–Trinajstić information content (AvgIpc) is 2.66. The van der Waals surface area contributed by atoms with Crippen molar-refractivity contribution in [3.8, 4) is 17.2 Å². The van der Waals surface area contributed by atoms with Gasteiger partial charge in [-0.3, -0.25) is 4.72 Å². The van der Waals surface area contributed by atoms with Crippen molar-refractivity contribution in [1.29, 1.82) is 0 Å². The van der Waals surface area contributed by atoms with E-state index in [4.69, 9.17) is 14.2 Å². The molecular formula is C19H25NO5S. The lowest BCUT2D eigenvalue weighted by atomic mass is 9.99. The molecule has 0 radical (unpaired) electrons. The second kappa shape index (κ2) is 8.31. The van der Waals surface area contributed by atoms with Gasteiger partial charge >= 0.3 is 0 Å². The van der Waals surface area contributed by atoms with Gasteiger partial charge in [-0.05, 0) is 30.0 Å². The van der Waals surface area contributed by atoms with Gasteiger partial charge in [0.25, 0.3) is 10.0 Å². The maximum absolute atomic E-state index is 12.7. The molecule has 7 heteroatoms. The largest absolute Gasteiger partial charge is 0.493 e. The maximum atomic E-state index is 12.7. The Balaban J connectivity index is 2.34.